The molecule has 2 N–H and O–H groups in total. The van der Waals surface area contributed by atoms with Gasteiger partial charge in [-0.15, -0.1) is 0 Å². The van der Waals surface area contributed by atoms with E-state index in [0.717, 1.165) is 6.54 Å². The number of nitrogens with zero attached hydrogens (tertiary/aromatic N) is 1. The zero-order valence-corrected chi connectivity index (χ0v) is 10.9. The third-order valence-electron chi connectivity index (χ3n) is 2.63. The van der Waals surface area contributed by atoms with E-state index in [1.54, 1.807) is 0 Å². The normalized spacial score (nSPS) is 14.9. The van der Waals surface area contributed by atoms with E-state index in [1.807, 2.05) is 21.0 Å². The molecule has 0 aliphatic rings. The van der Waals surface area contributed by atoms with Crippen molar-refractivity contribution >= 4 is 0 Å². The van der Waals surface area contributed by atoms with Gasteiger partial charge in [0.05, 0.1) is 0 Å². The van der Waals surface area contributed by atoms with Crippen molar-refractivity contribution in [3.63, 3.8) is 0 Å². The largest absolute Gasteiger partial charge is 0.508 e. The first-order valence-electron chi connectivity index (χ1n) is 5.79. The lowest BCUT2D eigenvalue weighted by molar-refractivity contribution is 0.331. The average Bonchev–Trinajstić information content (AvgIpc) is 2.20. The summed E-state index contributed by atoms with van der Waals surface area (Å²) in [6.07, 6.45) is 0. The molecule has 0 spiro atoms. The summed E-state index contributed by atoms with van der Waals surface area (Å²) in [5.41, 5.74) is 0.593. The van der Waals surface area contributed by atoms with Crippen molar-refractivity contribution in [2.24, 2.45) is 0 Å². The SMILES string of the molecule is CC(CN(C)C)NC(C)c1cc(F)ccc1O. The Morgan fingerprint density at radius 3 is 2.59 bits per heavy atom. The number of hydrogen-bond acceptors (Lipinski definition) is 3. The summed E-state index contributed by atoms with van der Waals surface area (Å²) in [6.45, 7) is 4.87. The molecule has 2 atom stereocenters. The van der Waals surface area contributed by atoms with Gasteiger partial charge in [0.25, 0.3) is 0 Å². The number of phenolic OH excluding ortho intramolecular Hbond substituents is 1. The zero-order chi connectivity index (χ0) is 13.0. The molecule has 0 saturated carbocycles. The Kier molecular flexibility index (Phi) is 4.90. The Labute approximate surface area is 102 Å². The predicted octanol–water partition coefficient (Wildman–Crippen LogP) is 2.13. The second kappa shape index (κ2) is 5.98. The van der Waals surface area contributed by atoms with Gasteiger partial charge in [-0.05, 0) is 46.1 Å². The number of aromatic hydroxyl groups is 1. The van der Waals surface area contributed by atoms with Gasteiger partial charge < -0.3 is 15.3 Å². The van der Waals surface area contributed by atoms with Crippen LogP contribution in [0.5, 0.6) is 5.75 Å². The quantitative estimate of drug-likeness (QED) is 0.827. The molecule has 17 heavy (non-hydrogen) atoms. The second-order valence-corrected chi connectivity index (χ2v) is 4.75. The minimum Gasteiger partial charge on any atom is -0.508 e. The Morgan fingerprint density at radius 1 is 1.35 bits per heavy atom. The number of halogens is 1. The van der Waals surface area contributed by atoms with Gasteiger partial charge in [0.2, 0.25) is 0 Å². The molecule has 0 aliphatic heterocycles. The fraction of sp³-hybridized carbons (Fsp3) is 0.538. The van der Waals surface area contributed by atoms with Gasteiger partial charge in [0.1, 0.15) is 11.6 Å². The summed E-state index contributed by atoms with van der Waals surface area (Å²) in [5.74, 6) is -0.199. The highest BCUT2D eigenvalue weighted by Crippen LogP contribution is 2.24. The van der Waals surface area contributed by atoms with Crippen LogP contribution in [0.15, 0.2) is 18.2 Å². The van der Waals surface area contributed by atoms with E-state index >= 15 is 0 Å². The number of hydrogen-bond donors (Lipinski definition) is 2. The van der Waals surface area contributed by atoms with Crippen molar-refractivity contribution in [1.29, 1.82) is 0 Å². The van der Waals surface area contributed by atoms with Crippen LogP contribution in [0.3, 0.4) is 0 Å². The van der Waals surface area contributed by atoms with Crippen molar-refractivity contribution in [2.75, 3.05) is 20.6 Å². The van der Waals surface area contributed by atoms with Gasteiger partial charge in [-0.3, -0.25) is 0 Å². The highest BCUT2D eigenvalue weighted by Gasteiger charge is 2.14. The van der Waals surface area contributed by atoms with Crippen molar-refractivity contribution in [1.82, 2.24) is 10.2 Å². The molecule has 0 aromatic heterocycles. The van der Waals surface area contributed by atoms with Crippen LogP contribution >= 0.6 is 0 Å². The summed E-state index contributed by atoms with van der Waals surface area (Å²) in [7, 11) is 4.00. The lowest BCUT2D eigenvalue weighted by Crippen LogP contribution is -2.37. The van der Waals surface area contributed by atoms with E-state index in [0.29, 0.717) is 5.56 Å². The molecule has 0 bridgehead atoms. The summed E-state index contributed by atoms with van der Waals surface area (Å²) in [6, 6.07) is 4.20. The van der Waals surface area contributed by atoms with Gasteiger partial charge in [-0.1, -0.05) is 0 Å². The molecule has 0 aliphatic carbocycles. The number of likely N-dealkylation sites (N-methyl/N-ethyl adjacent to an activating group) is 1. The maximum absolute atomic E-state index is 13.1. The van der Waals surface area contributed by atoms with Crippen LogP contribution in [0.4, 0.5) is 4.39 Å². The van der Waals surface area contributed by atoms with Gasteiger partial charge in [0, 0.05) is 24.2 Å². The number of rotatable bonds is 5. The van der Waals surface area contributed by atoms with E-state index in [-0.39, 0.29) is 23.7 Å². The first-order valence-corrected chi connectivity index (χ1v) is 5.79. The first-order chi connectivity index (χ1) is 7.90. The zero-order valence-electron chi connectivity index (χ0n) is 10.9. The second-order valence-electron chi connectivity index (χ2n) is 4.75. The van der Waals surface area contributed by atoms with Crippen molar-refractivity contribution in [2.45, 2.75) is 25.9 Å². The molecule has 0 saturated heterocycles. The van der Waals surface area contributed by atoms with Crippen LogP contribution in [0.2, 0.25) is 0 Å². The summed E-state index contributed by atoms with van der Waals surface area (Å²) >= 11 is 0. The van der Waals surface area contributed by atoms with Crippen molar-refractivity contribution < 1.29 is 9.50 Å². The minimum atomic E-state index is -0.327. The van der Waals surface area contributed by atoms with E-state index in [4.69, 9.17) is 0 Å². The van der Waals surface area contributed by atoms with Gasteiger partial charge in [-0.25, -0.2) is 4.39 Å². The molecule has 4 heteroatoms. The molecular formula is C13H21FN2O. The summed E-state index contributed by atoms with van der Waals surface area (Å²) in [5, 5.41) is 13.0. The first kappa shape index (κ1) is 13.9. The Bertz CT molecular complexity index is 368. The Hall–Kier alpha value is -1.13. The van der Waals surface area contributed by atoms with Crippen molar-refractivity contribution in [3.8, 4) is 5.75 Å². The molecule has 1 aromatic carbocycles. The molecule has 96 valence electrons. The Balaban J connectivity index is 2.69. The monoisotopic (exact) mass is 240 g/mol. The molecule has 0 radical (unpaired) electrons. The van der Waals surface area contributed by atoms with Crippen LogP contribution in [-0.4, -0.2) is 36.7 Å². The summed E-state index contributed by atoms with van der Waals surface area (Å²) < 4.78 is 13.1. The number of benzene rings is 1. The molecular weight excluding hydrogens is 219 g/mol. The molecule has 0 amide bonds. The fourth-order valence-corrected chi connectivity index (χ4v) is 1.99. The predicted molar refractivity (Wildman–Crippen MR) is 67.6 cm³/mol. The third-order valence-corrected chi connectivity index (χ3v) is 2.63. The Morgan fingerprint density at radius 2 is 2.00 bits per heavy atom. The highest BCUT2D eigenvalue weighted by molar-refractivity contribution is 5.34. The minimum absolute atomic E-state index is 0.0827. The molecule has 0 fully saturated rings. The number of phenols is 1. The fourth-order valence-electron chi connectivity index (χ4n) is 1.99. The molecule has 0 heterocycles. The van der Waals surface area contributed by atoms with Crippen LogP contribution in [-0.2, 0) is 0 Å². The van der Waals surface area contributed by atoms with Crippen LogP contribution in [0, 0.1) is 5.82 Å². The maximum atomic E-state index is 13.1. The molecule has 2 unspecified atom stereocenters. The van der Waals surface area contributed by atoms with Gasteiger partial charge in [-0.2, -0.15) is 0 Å². The van der Waals surface area contributed by atoms with Gasteiger partial charge >= 0.3 is 0 Å². The smallest absolute Gasteiger partial charge is 0.123 e. The van der Waals surface area contributed by atoms with Gasteiger partial charge in [0.15, 0.2) is 0 Å². The lowest BCUT2D eigenvalue weighted by atomic mass is 10.1. The van der Waals surface area contributed by atoms with E-state index in [1.165, 1.54) is 18.2 Å². The molecule has 1 aromatic rings. The molecule has 3 nitrogen and oxygen atoms in total. The standard InChI is InChI=1S/C13H21FN2O/c1-9(8-16(3)4)15-10(2)12-7-11(14)5-6-13(12)17/h5-7,9-10,15,17H,8H2,1-4H3. The van der Waals surface area contributed by atoms with Crippen molar-refractivity contribution in [3.05, 3.63) is 29.6 Å². The van der Waals surface area contributed by atoms with E-state index < -0.39 is 0 Å². The number of nitrogens with one attached hydrogen (secondary N) is 1. The van der Waals surface area contributed by atoms with E-state index in [9.17, 15) is 9.50 Å². The maximum Gasteiger partial charge on any atom is 0.123 e. The highest BCUT2D eigenvalue weighted by atomic mass is 19.1. The lowest BCUT2D eigenvalue weighted by Gasteiger charge is -2.23. The van der Waals surface area contributed by atoms with Crippen LogP contribution in [0.25, 0.3) is 0 Å². The van der Waals surface area contributed by atoms with E-state index in [2.05, 4.69) is 17.1 Å². The third kappa shape index (κ3) is 4.32. The van der Waals surface area contributed by atoms with Crippen LogP contribution < -0.4 is 5.32 Å². The molecule has 1 rings (SSSR count). The topological polar surface area (TPSA) is 35.5 Å². The van der Waals surface area contributed by atoms with Crippen LogP contribution in [0.1, 0.15) is 25.5 Å². The summed E-state index contributed by atoms with van der Waals surface area (Å²) in [4.78, 5) is 2.08. The average molecular weight is 240 g/mol.